The third kappa shape index (κ3) is 18.5. The van der Waals surface area contributed by atoms with Crippen molar-refractivity contribution in [1.82, 2.24) is 4.98 Å². The minimum Gasteiger partial charge on any atom is -0.247 e. The number of nitrogens with zero attached hydrogens (tertiary/aromatic N) is 1. The normalized spacial score (nSPS) is 12.4. The van der Waals surface area contributed by atoms with Crippen molar-refractivity contribution in [1.29, 1.82) is 0 Å². The van der Waals surface area contributed by atoms with Crippen LogP contribution in [0.1, 0.15) is 199 Å². The van der Waals surface area contributed by atoms with E-state index in [1.54, 1.807) is 0 Å². The number of imidazole rings is 1. The molecule has 0 radical (unpaired) electrons. The van der Waals surface area contributed by atoms with Gasteiger partial charge in [0.25, 0.3) is 5.82 Å². The van der Waals surface area contributed by atoms with Gasteiger partial charge in [-0.25, -0.2) is 9.55 Å². The summed E-state index contributed by atoms with van der Waals surface area (Å²) in [6.07, 6.45) is 41.6. The molecule has 0 bridgehead atoms. The summed E-state index contributed by atoms with van der Waals surface area (Å²) in [6.45, 7) is 8.07. The quantitative estimate of drug-likeness (QED) is 0.0866. The topological polar surface area (TPSA) is 19.7 Å². The number of hydrogen-bond donors (Lipinski definition) is 1. The van der Waals surface area contributed by atoms with Crippen LogP contribution in [0.25, 0.3) is 0 Å². The van der Waals surface area contributed by atoms with Gasteiger partial charge in [0.1, 0.15) is 12.4 Å². The maximum absolute atomic E-state index is 3.64. The van der Waals surface area contributed by atoms with Crippen LogP contribution in [-0.2, 0) is 6.54 Å². The van der Waals surface area contributed by atoms with Crippen molar-refractivity contribution in [3.05, 3.63) is 18.2 Å². The highest BCUT2D eigenvalue weighted by Crippen LogP contribution is 2.26. The second-order valence-electron chi connectivity index (χ2n) is 11.7. The molecule has 1 heterocycles. The van der Waals surface area contributed by atoms with E-state index in [2.05, 4.69) is 42.7 Å². The van der Waals surface area contributed by atoms with Crippen LogP contribution in [-0.4, -0.2) is 4.98 Å². The van der Waals surface area contributed by atoms with E-state index in [1.807, 2.05) is 0 Å². The summed E-state index contributed by atoms with van der Waals surface area (Å²) in [7, 11) is 0. The number of aromatic nitrogens is 2. The molecular weight excluding hydrogens is 436 g/mol. The van der Waals surface area contributed by atoms with Gasteiger partial charge in [-0.1, -0.05) is 168 Å². The van der Waals surface area contributed by atoms with Gasteiger partial charge in [-0.2, -0.15) is 0 Å². The Hall–Kier alpha value is -0.790. The van der Waals surface area contributed by atoms with Gasteiger partial charge >= 0.3 is 0 Å². The standard InChI is InChI=1S/C34H66N2/c1-4-7-9-11-13-15-17-18-19-21-23-25-27-29-33(34-35-30-32-36(34)31-6-3)28-26-24-22-20-16-14-12-10-8-5-2/h30,32-33H,4-29,31H2,1-3H3/p+1/t33-/m0/s1. The Kier molecular flexibility index (Phi) is 23.9. The molecule has 1 aromatic rings. The molecule has 0 saturated carbocycles. The Morgan fingerprint density at radius 3 is 1.22 bits per heavy atom. The average molecular weight is 504 g/mol. The molecule has 0 saturated heterocycles. The molecule has 1 N–H and O–H groups in total. The molecule has 0 amide bonds. The van der Waals surface area contributed by atoms with E-state index in [0.29, 0.717) is 0 Å². The van der Waals surface area contributed by atoms with Crippen LogP contribution in [0.4, 0.5) is 0 Å². The van der Waals surface area contributed by atoms with E-state index in [9.17, 15) is 0 Å². The predicted molar refractivity (Wildman–Crippen MR) is 161 cm³/mol. The van der Waals surface area contributed by atoms with E-state index in [1.165, 1.54) is 173 Å². The monoisotopic (exact) mass is 504 g/mol. The van der Waals surface area contributed by atoms with Crippen LogP contribution in [0.2, 0.25) is 0 Å². The van der Waals surface area contributed by atoms with Gasteiger partial charge in [0.05, 0.1) is 12.5 Å². The lowest BCUT2D eigenvalue weighted by Gasteiger charge is -2.14. The first-order valence-corrected chi connectivity index (χ1v) is 16.9. The number of rotatable bonds is 28. The number of aryl methyl sites for hydroxylation is 1. The molecule has 0 aliphatic heterocycles. The smallest absolute Gasteiger partial charge is 0.247 e. The van der Waals surface area contributed by atoms with Gasteiger partial charge < -0.3 is 0 Å². The van der Waals surface area contributed by atoms with Gasteiger partial charge in [-0.05, 0) is 19.3 Å². The number of nitrogens with one attached hydrogen (secondary N) is 1. The van der Waals surface area contributed by atoms with Crippen molar-refractivity contribution in [2.24, 2.45) is 0 Å². The molecule has 0 aliphatic carbocycles. The summed E-state index contributed by atoms with van der Waals surface area (Å²) in [5, 5.41) is 0. The molecule has 2 nitrogen and oxygen atoms in total. The molecule has 212 valence electrons. The first kappa shape index (κ1) is 33.2. The molecule has 1 rings (SSSR count). The summed E-state index contributed by atoms with van der Waals surface area (Å²) in [5.74, 6) is 2.24. The Labute approximate surface area is 227 Å². The number of unbranched alkanes of at least 4 members (excludes halogenated alkanes) is 21. The van der Waals surface area contributed by atoms with Crippen LogP contribution in [0, 0.1) is 0 Å². The van der Waals surface area contributed by atoms with Crippen LogP contribution in [0.5, 0.6) is 0 Å². The van der Waals surface area contributed by atoms with Crippen molar-refractivity contribution in [3.8, 4) is 0 Å². The number of aromatic amines is 1. The van der Waals surface area contributed by atoms with Gasteiger partial charge in [-0.15, -0.1) is 0 Å². The highest BCUT2D eigenvalue weighted by Gasteiger charge is 2.22. The molecule has 2 heteroatoms. The fraction of sp³-hybridized carbons (Fsp3) is 0.912. The number of H-pyrrole nitrogens is 1. The first-order valence-electron chi connectivity index (χ1n) is 16.9. The van der Waals surface area contributed by atoms with Crippen molar-refractivity contribution < 1.29 is 4.57 Å². The lowest BCUT2D eigenvalue weighted by atomic mass is 9.93. The van der Waals surface area contributed by atoms with Gasteiger partial charge in [0.2, 0.25) is 0 Å². The molecule has 0 unspecified atom stereocenters. The third-order valence-corrected chi connectivity index (χ3v) is 8.21. The van der Waals surface area contributed by atoms with Gasteiger partial charge in [-0.3, -0.25) is 0 Å². The Balaban J connectivity index is 2.17. The van der Waals surface area contributed by atoms with Gasteiger partial charge in [0.15, 0.2) is 0 Å². The third-order valence-electron chi connectivity index (χ3n) is 8.21. The van der Waals surface area contributed by atoms with E-state index in [4.69, 9.17) is 0 Å². The summed E-state index contributed by atoms with van der Waals surface area (Å²) in [4.78, 5) is 3.64. The maximum Gasteiger partial charge on any atom is 0.257 e. The van der Waals surface area contributed by atoms with Crippen LogP contribution >= 0.6 is 0 Å². The molecule has 0 aromatic carbocycles. The lowest BCUT2D eigenvalue weighted by Crippen LogP contribution is -2.37. The van der Waals surface area contributed by atoms with Crippen LogP contribution in [0.15, 0.2) is 12.4 Å². The fourth-order valence-corrected chi connectivity index (χ4v) is 5.87. The van der Waals surface area contributed by atoms with Crippen molar-refractivity contribution in [3.63, 3.8) is 0 Å². The molecule has 0 spiro atoms. The van der Waals surface area contributed by atoms with E-state index in [0.717, 1.165) is 12.5 Å². The largest absolute Gasteiger partial charge is 0.257 e. The zero-order valence-electron chi connectivity index (χ0n) is 25.3. The average Bonchev–Trinajstić information content (AvgIpc) is 3.35. The van der Waals surface area contributed by atoms with Crippen molar-refractivity contribution in [2.45, 2.75) is 200 Å². The second-order valence-corrected chi connectivity index (χ2v) is 11.7. The summed E-state index contributed by atoms with van der Waals surface area (Å²) >= 11 is 0. The minimum atomic E-state index is 0.730. The van der Waals surface area contributed by atoms with Gasteiger partial charge in [0, 0.05) is 0 Å². The fourth-order valence-electron chi connectivity index (χ4n) is 5.87. The Morgan fingerprint density at radius 2 is 0.861 bits per heavy atom. The molecule has 1 atom stereocenters. The van der Waals surface area contributed by atoms with Crippen molar-refractivity contribution in [2.75, 3.05) is 0 Å². The zero-order valence-corrected chi connectivity index (χ0v) is 25.3. The molecule has 36 heavy (non-hydrogen) atoms. The van der Waals surface area contributed by atoms with Crippen LogP contribution < -0.4 is 4.57 Å². The summed E-state index contributed by atoms with van der Waals surface area (Å²) in [6, 6.07) is 0. The first-order chi connectivity index (χ1) is 17.8. The summed E-state index contributed by atoms with van der Waals surface area (Å²) < 4.78 is 2.50. The Morgan fingerprint density at radius 1 is 0.500 bits per heavy atom. The van der Waals surface area contributed by atoms with E-state index < -0.39 is 0 Å². The SMILES string of the molecule is CCCCCCCCCCCCCCC[C@H](CCCCCCCCCCCC)c1[nH]cc[n+]1CCC. The minimum absolute atomic E-state index is 0.730. The van der Waals surface area contributed by atoms with E-state index >= 15 is 0 Å². The zero-order chi connectivity index (χ0) is 25.9. The lowest BCUT2D eigenvalue weighted by molar-refractivity contribution is -0.704. The molecule has 0 aliphatic rings. The van der Waals surface area contributed by atoms with Crippen LogP contribution in [0.3, 0.4) is 0 Å². The molecule has 0 fully saturated rings. The van der Waals surface area contributed by atoms with E-state index in [-0.39, 0.29) is 0 Å². The Bertz CT molecular complexity index is 549. The summed E-state index contributed by atoms with van der Waals surface area (Å²) in [5.41, 5.74) is 0. The highest BCUT2D eigenvalue weighted by molar-refractivity contribution is 4.90. The second kappa shape index (κ2) is 25.8. The highest BCUT2D eigenvalue weighted by atomic mass is 15.1. The predicted octanol–water partition coefficient (Wildman–Crippen LogP) is 11.6. The molecule has 1 aromatic heterocycles. The van der Waals surface area contributed by atoms with Crippen molar-refractivity contribution >= 4 is 0 Å². The molecular formula is C34H67N2+. The maximum atomic E-state index is 3.64. The number of hydrogen-bond acceptors (Lipinski definition) is 0.